The van der Waals surface area contributed by atoms with Gasteiger partial charge < -0.3 is 15.3 Å². The summed E-state index contributed by atoms with van der Waals surface area (Å²) in [5, 5.41) is 14.1. The Bertz CT molecular complexity index is 427. The second-order valence-electron chi connectivity index (χ2n) is 4.69. The van der Waals surface area contributed by atoms with Gasteiger partial charge in [-0.1, -0.05) is 6.07 Å². The molecule has 0 bridgehead atoms. The van der Waals surface area contributed by atoms with Crippen molar-refractivity contribution in [2.45, 2.75) is 6.42 Å². The van der Waals surface area contributed by atoms with Crippen molar-refractivity contribution < 1.29 is 14.7 Å². The van der Waals surface area contributed by atoms with Crippen LogP contribution in [0.2, 0.25) is 0 Å². The highest BCUT2D eigenvalue weighted by Crippen LogP contribution is 2.18. The van der Waals surface area contributed by atoms with Crippen molar-refractivity contribution in [3.05, 3.63) is 22.4 Å². The zero-order valence-electron chi connectivity index (χ0n) is 10.7. The van der Waals surface area contributed by atoms with Crippen LogP contribution in [0.1, 0.15) is 16.1 Å². The summed E-state index contributed by atoms with van der Waals surface area (Å²) in [5.74, 6) is -1.41. The Morgan fingerprint density at radius 2 is 2.16 bits per heavy atom. The third-order valence-corrected chi connectivity index (χ3v) is 4.13. The lowest BCUT2D eigenvalue weighted by molar-refractivity contribution is -0.137. The highest BCUT2D eigenvalue weighted by molar-refractivity contribution is 7.12. The summed E-state index contributed by atoms with van der Waals surface area (Å²) in [6, 6.07) is 3.58. The van der Waals surface area contributed by atoms with E-state index in [4.69, 9.17) is 5.11 Å². The fraction of sp³-hybridized carbons (Fsp3) is 0.538. The Kier molecular flexibility index (Phi) is 5.07. The molecule has 0 radical (unpaired) electrons. The molecule has 0 amide bonds. The van der Waals surface area contributed by atoms with Gasteiger partial charge in [-0.15, -0.1) is 11.3 Å². The van der Waals surface area contributed by atoms with Crippen LogP contribution >= 0.6 is 11.3 Å². The van der Waals surface area contributed by atoms with E-state index >= 15 is 0 Å². The molecule has 1 aromatic heterocycles. The summed E-state index contributed by atoms with van der Waals surface area (Å²) in [5.41, 5.74) is 0. The second-order valence-corrected chi connectivity index (χ2v) is 5.63. The van der Waals surface area contributed by atoms with Crippen molar-refractivity contribution in [2.75, 3.05) is 32.7 Å². The first-order valence-electron chi connectivity index (χ1n) is 6.39. The average molecular weight is 282 g/mol. The van der Waals surface area contributed by atoms with Crippen molar-refractivity contribution >= 4 is 23.1 Å². The van der Waals surface area contributed by atoms with Gasteiger partial charge >= 0.3 is 5.97 Å². The van der Waals surface area contributed by atoms with Crippen molar-refractivity contribution in [2.24, 2.45) is 5.92 Å². The summed E-state index contributed by atoms with van der Waals surface area (Å²) in [6.07, 6.45) is -0.0966. The van der Waals surface area contributed by atoms with Crippen LogP contribution in [0.15, 0.2) is 17.5 Å². The van der Waals surface area contributed by atoms with Gasteiger partial charge in [0.1, 0.15) is 0 Å². The summed E-state index contributed by atoms with van der Waals surface area (Å²) >= 11 is 1.38. The van der Waals surface area contributed by atoms with Gasteiger partial charge in [-0.2, -0.15) is 0 Å². The lowest BCUT2D eigenvalue weighted by atomic mass is 9.98. The Labute approximate surface area is 116 Å². The molecule has 5 nitrogen and oxygen atoms in total. The van der Waals surface area contributed by atoms with E-state index < -0.39 is 11.9 Å². The van der Waals surface area contributed by atoms with Crippen LogP contribution in [0.4, 0.5) is 0 Å². The van der Waals surface area contributed by atoms with E-state index in [1.807, 2.05) is 11.4 Å². The molecule has 104 valence electrons. The van der Waals surface area contributed by atoms with Crippen molar-refractivity contribution in [3.8, 4) is 0 Å². The lowest BCUT2D eigenvalue weighted by Crippen LogP contribution is -2.46. The van der Waals surface area contributed by atoms with E-state index in [2.05, 4.69) is 10.2 Å². The molecular weight excluding hydrogens is 264 g/mol. The molecule has 0 spiro atoms. The molecule has 2 rings (SSSR count). The van der Waals surface area contributed by atoms with Gasteiger partial charge in [0.15, 0.2) is 5.78 Å². The Morgan fingerprint density at radius 1 is 1.42 bits per heavy atom. The molecule has 1 saturated heterocycles. The molecule has 1 aliphatic heterocycles. The summed E-state index contributed by atoms with van der Waals surface area (Å²) in [7, 11) is 0. The van der Waals surface area contributed by atoms with E-state index in [-0.39, 0.29) is 12.2 Å². The maximum absolute atomic E-state index is 12.3. The maximum Gasteiger partial charge on any atom is 0.304 e. The molecule has 2 N–H and O–H groups in total. The molecule has 0 aromatic carbocycles. The zero-order chi connectivity index (χ0) is 13.7. The lowest BCUT2D eigenvalue weighted by Gasteiger charge is -2.29. The van der Waals surface area contributed by atoms with E-state index in [0.29, 0.717) is 11.4 Å². The molecule has 0 saturated carbocycles. The van der Waals surface area contributed by atoms with Gasteiger partial charge in [0.2, 0.25) is 0 Å². The number of hydrogen-bond acceptors (Lipinski definition) is 5. The molecule has 6 heteroatoms. The smallest absolute Gasteiger partial charge is 0.304 e. The topological polar surface area (TPSA) is 69.6 Å². The minimum Gasteiger partial charge on any atom is -0.481 e. The molecule has 1 unspecified atom stereocenters. The fourth-order valence-corrected chi connectivity index (χ4v) is 3.02. The summed E-state index contributed by atoms with van der Waals surface area (Å²) in [4.78, 5) is 26.1. The van der Waals surface area contributed by atoms with Gasteiger partial charge in [-0.05, 0) is 11.4 Å². The normalized spacial score (nSPS) is 18.1. The number of carbonyl (C=O) groups excluding carboxylic acids is 1. The fourth-order valence-electron chi connectivity index (χ4n) is 2.28. The maximum atomic E-state index is 12.3. The Morgan fingerprint density at radius 3 is 2.74 bits per heavy atom. The van der Waals surface area contributed by atoms with E-state index in [1.165, 1.54) is 11.3 Å². The van der Waals surface area contributed by atoms with Crippen molar-refractivity contribution in [3.63, 3.8) is 0 Å². The van der Waals surface area contributed by atoms with Gasteiger partial charge in [0, 0.05) is 38.6 Å². The standard InChI is InChI=1S/C13H18N2O3S/c16-12(17)8-10(9-15-5-3-14-4-6-15)13(18)11-2-1-7-19-11/h1-2,7,10,14H,3-6,8-9H2,(H,16,17). The van der Waals surface area contributed by atoms with E-state index in [9.17, 15) is 9.59 Å². The predicted molar refractivity (Wildman–Crippen MR) is 73.7 cm³/mol. The summed E-state index contributed by atoms with van der Waals surface area (Å²) < 4.78 is 0. The zero-order valence-corrected chi connectivity index (χ0v) is 11.5. The number of thiophene rings is 1. The minimum atomic E-state index is -0.912. The van der Waals surface area contributed by atoms with Crippen LogP contribution in [-0.4, -0.2) is 54.5 Å². The number of carboxylic acids is 1. The Balaban J connectivity index is 2.02. The molecule has 1 aromatic rings. The third kappa shape index (κ3) is 4.12. The highest BCUT2D eigenvalue weighted by atomic mass is 32.1. The molecule has 0 aliphatic carbocycles. The van der Waals surface area contributed by atoms with Crippen LogP contribution in [0.3, 0.4) is 0 Å². The number of carboxylic acid groups (broad SMARTS) is 1. The van der Waals surface area contributed by atoms with Crippen LogP contribution in [0, 0.1) is 5.92 Å². The average Bonchev–Trinajstić information content (AvgIpc) is 2.91. The number of nitrogens with one attached hydrogen (secondary N) is 1. The number of hydrogen-bond donors (Lipinski definition) is 2. The highest BCUT2D eigenvalue weighted by Gasteiger charge is 2.26. The number of Topliss-reactive ketones (excluding diaryl/α,β-unsaturated/α-hetero) is 1. The number of piperazine rings is 1. The van der Waals surface area contributed by atoms with E-state index in [0.717, 1.165) is 26.2 Å². The number of ketones is 1. The number of carbonyl (C=O) groups is 2. The number of rotatable bonds is 6. The largest absolute Gasteiger partial charge is 0.481 e. The molecule has 1 fully saturated rings. The van der Waals surface area contributed by atoms with Crippen LogP contribution < -0.4 is 5.32 Å². The van der Waals surface area contributed by atoms with Gasteiger partial charge in [0.05, 0.1) is 11.3 Å². The SMILES string of the molecule is O=C(O)CC(CN1CCNCC1)C(=O)c1cccs1. The first-order chi connectivity index (χ1) is 9.16. The monoisotopic (exact) mass is 282 g/mol. The molecule has 2 heterocycles. The molecule has 1 aliphatic rings. The van der Waals surface area contributed by atoms with Gasteiger partial charge in [-0.25, -0.2) is 0 Å². The van der Waals surface area contributed by atoms with Crippen LogP contribution in [-0.2, 0) is 4.79 Å². The summed E-state index contributed by atoms with van der Waals surface area (Å²) in [6.45, 7) is 4.06. The first kappa shape index (κ1) is 14.2. The second kappa shape index (κ2) is 6.79. The van der Waals surface area contributed by atoms with Gasteiger partial charge in [-0.3, -0.25) is 9.59 Å². The van der Waals surface area contributed by atoms with Crippen LogP contribution in [0.5, 0.6) is 0 Å². The van der Waals surface area contributed by atoms with Gasteiger partial charge in [0.25, 0.3) is 0 Å². The molecule has 19 heavy (non-hydrogen) atoms. The third-order valence-electron chi connectivity index (χ3n) is 3.24. The number of aliphatic carboxylic acids is 1. The quantitative estimate of drug-likeness (QED) is 0.760. The van der Waals surface area contributed by atoms with Crippen molar-refractivity contribution in [1.29, 1.82) is 0 Å². The minimum absolute atomic E-state index is 0.0454. The molecular formula is C13H18N2O3S. The Hall–Kier alpha value is -1.24. The van der Waals surface area contributed by atoms with Crippen molar-refractivity contribution in [1.82, 2.24) is 10.2 Å². The van der Waals surface area contributed by atoms with E-state index in [1.54, 1.807) is 6.07 Å². The van der Waals surface area contributed by atoms with Crippen LogP contribution in [0.25, 0.3) is 0 Å². The predicted octanol–water partition coefficient (Wildman–Crippen LogP) is 0.927. The molecule has 1 atom stereocenters. The number of nitrogens with zero attached hydrogens (tertiary/aromatic N) is 1. The first-order valence-corrected chi connectivity index (χ1v) is 7.27.